The molecule has 3 unspecified atom stereocenters. The third-order valence-electron chi connectivity index (χ3n) is 3.15. The van der Waals surface area contributed by atoms with Crippen LogP contribution in [-0.4, -0.2) is 42.0 Å². The van der Waals surface area contributed by atoms with E-state index in [0.717, 1.165) is 0 Å². The van der Waals surface area contributed by atoms with Crippen molar-refractivity contribution in [2.75, 3.05) is 7.11 Å². The number of ether oxygens (including phenoxy) is 1. The first-order valence-corrected chi connectivity index (χ1v) is 6.04. The van der Waals surface area contributed by atoms with Crippen molar-refractivity contribution in [2.24, 2.45) is 11.7 Å². The van der Waals surface area contributed by atoms with Crippen LogP contribution in [0, 0.1) is 5.92 Å². The molecule has 1 aliphatic rings. The molecule has 3 atom stereocenters. The maximum Gasteiger partial charge on any atom is 0.328 e. The Balaban J connectivity index is 2.89. The molecule has 1 heterocycles. The summed E-state index contributed by atoms with van der Waals surface area (Å²) in [5.74, 6) is -0.183. The molecule has 0 aromatic carbocycles. The van der Waals surface area contributed by atoms with Gasteiger partial charge in [0.2, 0.25) is 5.91 Å². The molecule has 98 valence electrons. The highest BCUT2D eigenvalue weighted by Gasteiger charge is 2.42. The number of hydrogen-bond donors (Lipinski definition) is 1. The predicted molar refractivity (Wildman–Crippen MR) is 64.2 cm³/mol. The lowest BCUT2D eigenvalue weighted by atomic mass is 10.0. The van der Waals surface area contributed by atoms with E-state index in [-0.39, 0.29) is 17.9 Å². The molecule has 2 N–H and O–H groups in total. The summed E-state index contributed by atoms with van der Waals surface area (Å²) in [5, 5.41) is 0. The number of nitrogens with zero attached hydrogens (tertiary/aromatic N) is 1. The normalized spacial score (nSPS) is 26.5. The minimum Gasteiger partial charge on any atom is -0.467 e. The molecule has 5 nitrogen and oxygen atoms in total. The van der Waals surface area contributed by atoms with Gasteiger partial charge in [-0.1, -0.05) is 13.8 Å². The molecule has 0 saturated carbocycles. The van der Waals surface area contributed by atoms with E-state index in [0.29, 0.717) is 18.8 Å². The van der Waals surface area contributed by atoms with Gasteiger partial charge < -0.3 is 15.4 Å². The Kier molecular flexibility index (Phi) is 4.51. The molecule has 0 bridgehead atoms. The lowest BCUT2D eigenvalue weighted by molar-refractivity contribution is -0.153. The van der Waals surface area contributed by atoms with E-state index in [1.54, 1.807) is 4.90 Å². The maximum absolute atomic E-state index is 12.0. The second-order valence-corrected chi connectivity index (χ2v) is 5.11. The van der Waals surface area contributed by atoms with Crippen LogP contribution < -0.4 is 5.73 Å². The number of hydrogen-bond acceptors (Lipinski definition) is 4. The number of amides is 1. The van der Waals surface area contributed by atoms with Gasteiger partial charge in [0, 0.05) is 6.04 Å². The summed E-state index contributed by atoms with van der Waals surface area (Å²) in [5.41, 5.74) is 5.73. The van der Waals surface area contributed by atoms with Crippen LogP contribution in [-0.2, 0) is 14.3 Å². The highest BCUT2D eigenvalue weighted by atomic mass is 16.5. The molecular weight excluding hydrogens is 220 g/mol. The van der Waals surface area contributed by atoms with Crippen LogP contribution in [0.15, 0.2) is 0 Å². The van der Waals surface area contributed by atoms with Crippen LogP contribution >= 0.6 is 0 Å². The monoisotopic (exact) mass is 242 g/mol. The van der Waals surface area contributed by atoms with E-state index in [1.165, 1.54) is 7.11 Å². The molecule has 1 rings (SSSR count). The van der Waals surface area contributed by atoms with E-state index in [4.69, 9.17) is 10.5 Å². The number of carbonyl (C=O) groups is 2. The molecule has 5 heteroatoms. The molecule has 0 aliphatic carbocycles. The lowest BCUT2D eigenvalue weighted by Gasteiger charge is -2.30. The van der Waals surface area contributed by atoms with Crippen LogP contribution in [0.1, 0.15) is 33.6 Å². The van der Waals surface area contributed by atoms with E-state index < -0.39 is 12.1 Å². The molecule has 1 saturated heterocycles. The number of carbonyl (C=O) groups excluding carboxylic acids is 2. The SMILES string of the molecule is COC(=O)C(CC(C)C)N1C(=O)C(N)CC1C. The Labute approximate surface area is 102 Å². The van der Waals surface area contributed by atoms with Gasteiger partial charge in [0.25, 0.3) is 0 Å². The van der Waals surface area contributed by atoms with Crippen molar-refractivity contribution in [1.29, 1.82) is 0 Å². The van der Waals surface area contributed by atoms with E-state index >= 15 is 0 Å². The minimum atomic E-state index is -0.504. The molecule has 0 spiro atoms. The highest BCUT2D eigenvalue weighted by molar-refractivity contribution is 5.89. The zero-order valence-electron chi connectivity index (χ0n) is 11.0. The smallest absolute Gasteiger partial charge is 0.328 e. The summed E-state index contributed by atoms with van der Waals surface area (Å²) in [6, 6.07) is -0.985. The van der Waals surface area contributed by atoms with Gasteiger partial charge in [0.15, 0.2) is 0 Å². The molecule has 0 aromatic heterocycles. The number of esters is 1. The Morgan fingerprint density at radius 3 is 2.53 bits per heavy atom. The van der Waals surface area contributed by atoms with Crippen molar-refractivity contribution in [2.45, 2.75) is 51.7 Å². The Morgan fingerprint density at radius 2 is 2.18 bits per heavy atom. The van der Waals surface area contributed by atoms with Crippen molar-refractivity contribution in [3.8, 4) is 0 Å². The van der Waals surface area contributed by atoms with Crippen LogP contribution in [0.2, 0.25) is 0 Å². The second kappa shape index (κ2) is 5.49. The molecular formula is C12H22N2O3. The van der Waals surface area contributed by atoms with Gasteiger partial charge in [-0.2, -0.15) is 0 Å². The van der Waals surface area contributed by atoms with Crippen molar-refractivity contribution in [3.05, 3.63) is 0 Å². The van der Waals surface area contributed by atoms with Gasteiger partial charge in [0.05, 0.1) is 13.2 Å². The first-order valence-electron chi connectivity index (χ1n) is 6.04. The van der Waals surface area contributed by atoms with E-state index in [1.807, 2.05) is 20.8 Å². The Bertz CT molecular complexity index is 304. The van der Waals surface area contributed by atoms with Gasteiger partial charge in [-0.3, -0.25) is 4.79 Å². The fraction of sp³-hybridized carbons (Fsp3) is 0.833. The summed E-state index contributed by atoms with van der Waals surface area (Å²) < 4.78 is 4.78. The summed E-state index contributed by atoms with van der Waals surface area (Å²) in [4.78, 5) is 25.3. The zero-order valence-corrected chi connectivity index (χ0v) is 11.0. The largest absolute Gasteiger partial charge is 0.467 e. The molecule has 1 fully saturated rings. The standard InChI is InChI=1S/C12H22N2O3/c1-7(2)5-10(12(16)17-4)14-8(3)6-9(13)11(14)15/h7-10H,5-6,13H2,1-4H3. The van der Waals surface area contributed by atoms with E-state index in [9.17, 15) is 9.59 Å². The summed E-state index contributed by atoms with van der Waals surface area (Å²) in [7, 11) is 1.35. The predicted octanol–water partition coefficient (Wildman–Crippen LogP) is 0.522. The maximum atomic E-state index is 12.0. The number of rotatable bonds is 4. The minimum absolute atomic E-state index is 0.000324. The molecule has 0 radical (unpaired) electrons. The van der Waals surface area contributed by atoms with Crippen molar-refractivity contribution in [3.63, 3.8) is 0 Å². The quantitative estimate of drug-likeness (QED) is 0.730. The number of likely N-dealkylation sites (tertiary alicyclic amines) is 1. The van der Waals surface area contributed by atoms with Crippen molar-refractivity contribution < 1.29 is 14.3 Å². The average Bonchev–Trinajstić information content (AvgIpc) is 2.49. The molecule has 1 aliphatic heterocycles. The third kappa shape index (κ3) is 2.97. The topological polar surface area (TPSA) is 72.6 Å². The molecule has 0 aromatic rings. The van der Waals surface area contributed by atoms with E-state index in [2.05, 4.69) is 0 Å². The van der Waals surface area contributed by atoms with Gasteiger partial charge in [-0.15, -0.1) is 0 Å². The zero-order chi connectivity index (χ0) is 13.2. The molecule has 17 heavy (non-hydrogen) atoms. The van der Waals surface area contributed by atoms with Crippen LogP contribution in [0.3, 0.4) is 0 Å². The number of nitrogens with two attached hydrogens (primary N) is 1. The average molecular weight is 242 g/mol. The van der Waals surface area contributed by atoms with Gasteiger partial charge in [-0.25, -0.2) is 4.79 Å². The van der Waals surface area contributed by atoms with Crippen molar-refractivity contribution >= 4 is 11.9 Å². The highest BCUT2D eigenvalue weighted by Crippen LogP contribution is 2.24. The first kappa shape index (κ1) is 14.0. The van der Waals surface area contributed by atoms with Gasteiger partial charge in [0.1, 0.15) is 6.04 Å². The summed E-state index contributed by atoms with van der Waals surface area (Å²) >= 11 is 0. The number of methoxy groups -OCH3 is 1. The molecule has 1 amide bonds. The lowest BCUT2D eigenvalue weighted by Crippen LogP contribution is -2.48. The third-order valence-corrected chi connectivity index (χ3v) is 3.15. The fourth-order valence-electron chi connectivity index (χ4n) is 2.36. The van der Waals surface area contributed by atoms with Crippen LogP contribution in [0.25, 0.3) is 0 Å². The summed E-state index contributed by atoms with van der Waals surface area (Å²) in [6.07, 6.45) is 1.21. The second-order valence-electron chi connectivity index (χ2n) is 5.11. The van der Waals surface area contributed by atoms with Gasteiger partial charge in [-0.05, 0) is 25.7 Å². The van der Waals surface area contributed by atoms with Gasteiger partial charge >= 0.3 is 5.97 Å². The van der Waals surface area contributed by atoms with Crippen LogP contribution in [0.4, 0.5) is 0 Å². The van der Waals surface area contributed by atoms with Crippen LogP contribution in [0.5, 0.6) is 0 Å². The Hall–Kier alpha value is -1.10. The Morgan fingerprint density at radius 1 is 1.59 bits per heavy atom. The van der Waals surface area contributed by atoms with Crippen molar-refractivity contribution in [1.82, 2.24) is 4.90 Å². The fourth-order valence-corrected chi connectivity index (χ4v) is 2.36. The first-order chi connectivity index (χ1) is 7.88. The summed E-state index contributed by atoms with van der Waals surface area (Å²) in [6.45, 7) is 5.95.